The smallest absolute Gasteiger partial charge is 0.248 e. The summed E-state index contributed by atoms with van der Waals surface area (Å²) in [5.74, 6) is -0.429. The van der Waals surface area contributed by atoms with Crippen LogP contribution in [0.3, 0.4) is 0 Å². The number of carbonyl (C=O) groups excluding carboxylic acids is 2. The zero-order valence-corrected chi connectivity index (χ0v) is 14.3. The van der Waals surface area contributed by atoms with Crippen LogP contribution in [0.4, 0.5) is 0 Å². The molecular weight excluding hydrogens is 356 g/mol. The number of primary amides is 1. The van der Waals surface area contributed by atoms with Crippen LogP contribution in [0, 0.1) is 0 Å². The molecule has 26 heavy (non-hydrogen) atoms. The van der Waals surface area contributed by atoms with Crippen LogP contribution in [-0.4, -0.2) is 32.0 Å². The van der Waals surface area contributed by atoms with E-state index < -0.39 is 5.91 Å². The van der Waals surface area contributed by atoms with Crippen LogP contribution < -0.4 is 11.1 Å². The monoisotopic (exact) mass is 370 g/mol. The van der Waals surface area contributed by atoms with E-state index >= 15 is 0 Å². The number of aromatic nitrogens is 4. The van der Waals surface area contributed by atoms with Crippen molar-refractivity contribution in [2.75, 3.05) is 0 Å². The molecule has 9 heteroatoms. The molecule has 1 aromatic heterocycles. The number of carbonyl (C=O) groups is 2. The first kappa shape index (κ1) is 17.6. The molecule has 0 aliphatic carbocycles. The Hall–Kier alpha value is -3.26. The van der Waals surface area contributed by atoms with Gasteiger partial charge in [-0.1, -0.05) is 41.9 Å². The molecule has 0 spiro atoms. The number of nitrogens with zero attached hydrogens (tertiary/aromatic N) is 4. The summed E-state index contributed by atoms with van der Waals surface area (Å²) in [7, 11) is 0. The van der Waals surface area contributed by atoms with Gasteiger partial charge in [0.1, 0.15) is 6.54 Å². The lowest BCUT2D eigenvalue weighted by Gasteiger charge is -2.06. The summed E-state index contributed by atoms with van der Waals surface area (Å²) in [4.78, 5) is 24.3. The van der Waals surface area contributed by atoms with E-state index in [1.807, 2.05) is 18.2 Å². The molecule has 3 rings (SSSR count). The lowest BCUT2D eigenvalue weighted by Crippen LogP contribution is -2.28. The van der Waals surface area contributed by atoms with Gasteiger partial charge in [-0.2, -0.15) is 4.80 Å². The maximum Gasteiger partial charge on any atom is 0.248 e. The predicted octanol–water partition coefficient (Wildman–Crippen LogP) is 1.41. The van der Waals surface area contributed by atoms with Gasteiger partial charge in [0.15, 0.2) is 0 Å². The molecule has 0 aliphatic heterocycles. The molecule has 0 unspecified atom stereocenters. The second-order valence-electron chi connectivity index (χ2n) is 5.45. The van der Waals surface area contributed by atoms with Crippen molar-refractivity contribution >= 4 is 23.4 Å². The largest absolute Gasteiger partial charge is 0.366 e. The third-order valence-corrected chi connectivity index (χ3v) is 3.97. The highest BCUT2D eigenvalue weighted by Gasteiger charge is 2.10. The van der Waals surface area contributed by atoms with Gasteiger partial charge in [-0.05, 0) is 29.0 Å². The molecule has 0 radical (unpaired) electrons. The molecule has 0 saturated heterocycles. The molecule has 1 heterocycles. The lowest BCUT2D eigenvalue weighted by atomic mass is 10.1. The summed E-state index contributed by atoms with van der Waals surface area (Å²) in [5, 5.41) is 15.3. The fourth-order valence-corrected chi connectivity index (χ4v) is 2.43. The van der Waals surface area contributed by atoms with Crippen molar-refractivity contribution in [3.63, 3.8) is 0 Å². The summed E-state index contributed by atoms with van der Waals surface area (Å²) < 4.78 is 0. The van der Waals surface area contributed by atoms with Gasteiger partial charge in [-0.15, -0.1) is 10.2 Å². The topological polar surface area (TPSA) is 116 Å². The molecule has 0 aliphatic rings. The van der Waals surface area contributed by atoms with Crippen LogP contribution in [0.15, 0.2) is 48.5 Å². The zero-order valence-electron chi connectivity index (χ0n) is 13.6. The van der Waals surface area contributed by atoms with Crippen molar-refractivity contribution in [2.45, 2.75) is 13.1 Å². The average Bonchev–Trinajstić information content (AvgIpc) is 3.09. The number of hydrogen-bond donors (Lipinski definition) is 2. The molecular formula is C17H15ClN6O2. The first-order valence-electron chi connectivity index (χ1n) is 7.71. The van der Waals surface area contributed by atoms with Gasteiger partial charge in [0.25, 0.3) is 0 Å². The van der Waals surface area contributed by atoms with Gasteiger partial charge in [-0.3, -0.25) is 9.59 Å². The van der Waals surface area contributed by atoms with Crippen LogP contribution in [0.25, 0.3) is 11.4 Å². The second kappa shape index (κ2) is 7.75. The summed E-state index contributed by atoms with van der Waals surface area (Å²) in [6.45, 7) is 0.242. The Morgan fingerprint density at radius 3 is 2.54 bits per heavy atom. The fourth-order valence-electron chi connectivity index (χ4n) is 2.23. The van der Waals surface area contributed by atoms with Crippen molar-refractivity contribution in [1.82, 2.24) is 25.5 Å². The van der Waals surface area contributed by atoms with Crippen molar-refractivity contribution in [3.05, 3.63) is 64.7 Å². The highest BCUT2D eigenvalue weighted by molar-refractivity contribution is 6.31. The molecule has 3 aromatic rings. The Bertz CT molecular complexity index is 938. The van der Waals surface area contributed by atoms with E-state index in [9.17, 15) is 9.59 Å². The highest BCUT2D eigenvalue weighted by Crippen LogP contribution is 2.15. The van der Waals surface area contributed by atoms with Crippen molar-refractivity contribution in [2.24, 2.45) is 5.73 Å². The Morgan fingerprint density at radius 1 is 1.12 bits per heavy atom. The molecule has 0 atom stereocenters. The number of benzene rings is 2. The van der Waals surface area contributed by atoms with E-state index in [0.717, 1.165) is 5.56 Å². The lowest BCUT2D eigenvalue weighted by molar-refractivity contribution is -0.122. The minimum atomic E-state index is -0.511. The first-order valence-corrected chi connectivity index (χ1v) is 8.09. The summed E-state index contributed by atoms with van der Waals surface area (Å²) in [6.07, 6.45) is 0. The van der Waals surface area contributed by atoms with Crippen LogP contribution in [0.2, 0.25) is 5.02 Å². The van der Waals surface area contributed by atoms with E-state index in [2.05, 4.69) is 20.7 Å². The van der Waals surface area contributed by atoms with Crippen molar-refractivity contribution < 1.29 is 9.59 Å². The Balaban J connectivity index is 1.60. The van der Waals surface area contributed by atoms with E-state index in [1.165, 1.54) is 4.80 Å². The summed E-state index contributed by atoms with van der Waals surface area (Å²) in [6, 6.07) is 13.8. The number of rotatable bonds is 6. The highest BCUT2D eigenvalue weighted by atomic mass is 35.5. The molecule has 0 saturated carbocycles. The third kappa shape index (κ3) is 4.22. The van der Waals surface area contributed by atoms with E-state index in [4.69, 9.17) is 17.3 Å². The van der Waals surface area contributed by atoms with Crippen LogP contribution in [0.1, 0.15) is 15.9 Å². The minimum Gasteiger partial charge on any atom is -0.366 e. The minimum absolute atomic E-state index is 0.0726. The Morgan fingerprint density at radius 2 is 1.85 bits per heavy atom. The fraction of sp³-hybridized carbons (Fsp3) is 0.118. The van der Waals surface area contributed by atoms with Crippen molar-refractivity contribution in [3.8, 4) is 11.4 Å². The van der Waals surface area contributed by atoms with Gasteiger partial charge in [0.05, 0.1) is 0 Å². The maximum atomic E-state index is 12.0. The van der Waals surface area contributed by atoms with Crippen molar-refractivity contribution in [1.29, 1.82) is 0 Å². The molecule has 0 bridgehead atoms. The first-order chi connectivity index (χ1) is 12.5. The predicted molar refractivity (Wildman–Crippen MR) is 95.1 cm³/mol. The SMILES string of the molecule is NC(=O)c1ccc(-c2nnn(CC(=O)NCc3ccccc3Cl)n2)cc1. The molecule has 132 valence electrons. The number of amides is 2. The Kier molecular flexibility index (Phi) is 5.23. The molecule has 2 aromatic carbocycles. The standard InChI is InChI=1S/C17H15ClN6O2/c18-14-4-2-1-3-13(14)9-20-15(25)10-24-22-17(21-23-24)12-7-5-11(6-8-12)16(19)26/h1-8H,9-10H2,(H2,19,26)(H,20,25). The van der Waals surface area contributed by atoms with E-state index in [0.29, 0.717) is 28.5 Å². The summed E-state index contributed by atoms with van der Waals surface area (Å²) in [5.41, 5.74) is 7.08. The van der Waals surface area contributed by atoms with Gasteiger partial charge >= 0.3 is 0 Å². The van der Waals surface area contributed by atoms with Crippen LogP contribution >= 0.6 is 11.6 Å². The van der Waals surface area contributed by atoms with Gasteiger partial charge in [0, 0.05) is 22.7 Å². The molecule has 0 fully saturated rings. The third-order valence-electron chi connectivity index (χ3n) is 3.60. The number of tetrazole rings is 1. The van der Waals surface area contributed by atoms with Crippen LogP contribution in [0.5, 0.6) is 0 Å². The van der Waals surface area contributed by atoms with Gasteiger partial charge in [-0.25, -0.2) is 0 Å². The molecule has 8 nitrogen and oxygen atoms in total. The Labute approximate surface area is 154 Å². The number of halogens is 1. The number of hydrogen-bond acceptors (Lipinski definition) is 5. The van der Waals surface area contributed by atoms with Gasteiger partial charge < -0.3 is 11.1 Å². The van der Waals surface area contributed by atoms with Gasteiger partial charge in [0.2, 0.25) is 17.6 Å². The summed E-state index contributed by atoms with van der Waals surface area (Å²) >= 11 is 6.05. The van der Waals surface area contributed by atoms with Crippen LogP contribution in [-0.2, 0) is 17.9 Å². The number of nitrogens with one attached hydrogen (secondary N) is 1. The molecule has 3 N–H and O–H groups in total. The molecule has 2 amide bonds. The maximum absolute atomic E-state index is 12.0. The number of nitrogens with two attached hydrogens (primary N) is 1. The van der Waals surface area contributed by atoms with E-state index in [-0.39, 0.29) is 12.5 Å². The normalized spacial score (nSPS) is 10.5. The average molecular weight is 371 g/mol. The quantitative estimate of drug-likeness (QED) is 0.680. The second-order valence-corrected chi connectivity index (χ2v) is 5.86. The zero-order chi connectivity index (χ0) is 18.5. The van der Waals surface area contributed by atoms with E-state index in [1.54, 1.807) is 30.3 Å².